The minimum absolute atomic E-state index is 0.111. The highest BCUT2D eigenvalue weighted by Crippen LogP contribution is 2.38. The molecule has 0 radical (unpaired) electrons. The number of ether oxygens (including phenoxy) is 2. The van der Waals surface area contributed by atoms with Crippen LogP contribution in [0, 0.1) is 3.57 Å². The van der Waals surface area contributed by atoms with E-state index in [0.717, 1.165) is 8.04 Å². The minimum atomic E-state index is -0.111. The van der Waals surface area contributed by atoms with Gasteiger partial charge < -0.3 is 9.47 Å². The maximum Gasteiger partial charge on any atom is 0.197 e. The molecule has 0 N–H and O–H groups in total. The van der Waals surface area contributed by atoms with Crippen LogP contribution in [0.5, 0.6) is 11.5 Å². The first-order chi connectivity index (χ1) is 9.99. The van der Waals surface area contributed by atoms with Crippen molar-refractivity contribution >= 4 is 60.2 Å². The van der Waals surface area contributed by atoms with E-state index in [0.29, 0.717) is 27.1 Å². The van der Waals surface area contributed by atoms with Crippen molar-refractivity contribution in [2.75, 3.05) is 14.2 Å². The third kappa shape index (κ3) is 3.43. The van der Waals surface area contributed by atoms with Gasteiger partial charge in [0.15, 0.2) is 5.78 Å². The number of methoxy groups -OCH3 is 2. The van der Waals surface area contributed by atoms with Gasteiger partial charge in [-0.05, 0) is 68.9 Å². The molecule has 3 nitrogen and oxygen atoms in total. The molecule has 6 heteroatoms. The number of carbonyl (C=O) groups is 1. The van der Waals surface area contributed by atoms with E-state index < -0.39 is 0 Å². The first kappa shape index (κ1) is 16.8. The Hall–Kier alpha value is -0.600. The van der Waals surface area contributed by atoms with Gasteiger partial charge in [-0.3, -0.25) is 4.79 Å². The van der Waals surface area contributed by atoms with E-state index in [-0.39, 0.29) is 5.78 Å². The summed E-state index contributed by atoms with van der Waals surface area (Å²) in [7, 11) is 3.09. The molecule has 0 saturated heterocycles. The normalized spacial score (nSPS) is 10.3. The Kier molecular flexibility index (Phi) is 5.67. The predicted molar refractivity (Wildman–Crippen MR) is 97.5 cm³/mol. The molecule has 0 atom stereocenters. The summed E-state index contributed by atoms with van der Waals surface area (Å²) < 4.78 is 13.0. The van der Waals surface area contributed by atoms with Crippen molar-refractivity contribution in [3.63, 3.8) is 0 Å². The van der Waals surface area contributed by atoms with Crippen LogP contribution in [-0.4, -0.2) is 20.0 Å². The Morgan fingerprint density at radius 2 is 1.76 bits per heavy atom. The van der Waals surface area contributed by atoms with E-state index in [9.17, 15) is 4.79 Å². The average Bonchev–Trinajstić information content (AvgIpc) is 2.48. The SMILES string of the molecule is COc1ccc(C(=O)c2cc(I)ccc2Br)c(OC)c1Br. The van der Waals surface area contributed by atoms with E-state index in [1.165, 1.54) is 7.11 Å². The molecule has 0 spiro atoms. The van der Waals surface area contributed by atoms with Gasteiger partial charge in [0.25, 0.3) is 0 Å². The molecule has 0 amide bonds. The maximum absolute atomic E-state index is 12.8. The minimum Gasteiger partial charge on any atom is -0.495 e. The number of rotatable bonds is 4. The molecule has 0 aromatic heterocycles. The van der Waals surface area contributed by atoms with Crippen molar-refractivity contribution in [3.8, 4) is 11.5 Å². The van der Waals surface area contributed by atoms with Crippen LogP contribution in [0.25, 0.3) is 0 Å². The second kappa shape index (κ2) is 7.11. The van der Waals surface area contributed by atoms with Crippen molar-refractivity contribution in [2.45, 2.75) is 0 Å². The Morgan fingerprint density at radius 1 is 1.05 bits per heavy atom. The van der Waals surface area contributed by atoms with Crippen molar-refractivity contribution in [1.29, 1.82) is 0 Å². The lowest BCUT2D eigenvalue weighted by atomic mass is 10.0. The molecule has 0 unspecified atom stereocenters. The van der Waals surface area contributed by atoms with Gasteiger partial charge in [0.2, 0.25) is 0 Å². The number of carbonyl (C=O) groups excluding carboxylic acids is 1. The monoisotopic (exact) mass is 524 g/mol. The summed E-state index contributed by atoms with van der Waals surface area (Å²) in [5, 5.41) is 0. The van der Waals surface area contributed by atoms with Crippen molar-refractivity contribution in [1.82, 2.24) is 0 Å². The van der Waals surface area contributed by atoms with Crippen LogP contribution >= 0.6 is 54.5 Å². The highest BCUT2D eigenvalue weighted by molar-refractivity contribution is 14.1. The van der Waals surface area contributed by atoms with Crippen LogP contribution in [0.1, 0.15) is 15.9 Å². The van der Waals surface area contributed by atoms with E-state index in [2.05, 4.69) is 54.5 Å². The fourth-order valence-corrected chi connectivity index (χ4v) is 3.48. The highest BCUT2D eigenvalue weighted by Gasteiger charge is 2.21. The van der Waals surface area contributed by atoms with Crippen LogP contribution in [-0.2, 0) is 0 Å². The van der Waals surface area contributed by atoms with Crippen LogP contribution in [0.4, 0.5) is 0 Å². The van der Waals surface area contributed by atoms with Gasteiger partial charge in [-0.15, -0.1) is 0 Å². The van der Waals surface area contributed by atoms with Gasteiger partial charge in [-0.25, -0.2) is 0 Å². The third-order valence-electron chi connectivity index (χ3n) is 2.90. The topological polar surface area (TPSA) is 35.5 Å². The van der Waals surface area contributed by atoms with E-state index in [1.807, 2.05) is 18.2 Å². The zero-order valence-electron chi connectivity index (χ0n) is 11.2. The Morgan fingerprint density at radius 3 is 2.38 bits per heavy atom. The molecule has 0 fully saturated rings. The van der Waals surface area contributed by atoms with Crippen LogP contribution in [0.2, 0.25) is 0 Å². The lowest BCUT2D eigenvalue weighted by Gasteiger charge is -2.13. The van der Waals surface area contributed by atoms with Gasteiger partial charge in [0.05, 0.1) is 19.8 Å². The van der Waals surface area contributed by atoms with Gasteiger partial charge in [-0.1, -0.05) is 15.9 Å². The van der Waals surface area contributed by atoms with Gasteiger partial charge >= 0.3 is 0 Å². The second-order valence-electron chi connectivity index (χ2n) is 4.12. The van der Waals surface area contributed by atoms with Crippen molar-refractivity contribution < 1.29 is 14.3 Å². The molecule has 0 aliphatic carbocycles. The number of hydrogen-bond donors (Lipinski definition) is 0. The summed E-state index contributed by atoms with van der Waals surface area (Å²) in [5.41, 5.74) is 1.07. The standard InChI is InChI=1S/C15H11Br2IO3/c1-20-12-6-4-9(15(21-2)13(12)17)14(19)10-7-8(18)3-5-11(10)16/h3-7H,1-2H3. The van der Waals surface area contributed by atoms with Gasteiger partial charge in [0, 0.05) is 13.6 Å². The molecule has 0 bridgehead atoms. The first-order valence-electron chi connectivity index (χ1n) is 5.89. The number of hydrogen-bond acceptors (Lipinski definition) is 3. The van der Waals surface area contributed by atoms with E-state index in [4.69, 9.17) is 9.47 Å². The Bertz CT molecular complexity index is 702. The quantitative estimate of drug-likeness (QED) is 0.413. The van der Waals surface area contributed by atoms with Crippen molar-refractivity contribution in [3.05, 3.63) is 54.0 Å². The van der Waals surface area contributed by atoms with Crippen LogP contribution in [0.3, 0.4) is 0 Å². The molecule has 110 valence electrons. The lowest BCUT2D eigenvalue weighted by molar-refractivity contribution is 0.103. The molecule has 21 heavy (non-hydrogen) atoms. The molecule has 0 aliphatic heterocycles. The largest absolute Gasteiger partial charge is 0.495 e. The summed E-state index contributed by atoms with van der Waals surface area (Å²) in [4.78, 5) is 12.8. The molecule has 0 aliphatic rings. The first-order valence-corrected chi connectivity index (χ1v) is 8.56. The molecule has 2 aromatic carbocycles. The Balaban J connectivity index is 2.58. The van der Waals surface area contributed by atoms with E-state index in [1.54, 1.807) is 19.2 Å². The molecule has 0 saturated carbocycles. The third-order valence-corrected chi connectivity index (χ3v) is 5.02. The summed E-state index contributed by atoms with van der Waals surface area (Å²) in [6, 6.07) is 9.08. The summed E-state index contributed by atoms with van der Waals surface area (Å²) in [6.07, 6.45) is 0. The fourth-order valence-electron chi connectivity index (χ4n) is 1.89. The predicted octanol–water partition coefficient (Wildman–Crippen LogP) is 5.06. The number of benzene rings is 2. The maximum atomic E-state index is 12.8. The smallest absolute Gasteiger partial charge is 0.197 e. The van der Waals surface area contributed by atoms with Crippen molar-refractivity contribution in [2.24, 2.45) is 0 Å². The molecule has 0 heterocycles. The van der Waals surface area contributed by atoms with E-state index >= 15 is 0 Å². The average molecular weight is 526 g/mol. The zero-order valence-corrected chi connectivity index (χ0v) is 16.6. The highest BCUT2D eigenvalue weighted by atomic mass is 127. The van der Waals surface area contributed by atoms with Crippen LogP contribution in [0.15, 0.2) is 39.3 Å². The molecule has 2 rings (SSSR count). The number of ketones is 1. The van der Waals surface area contributed by atoms with Crippen LogP contribution < -0.4 is 9.47 Å². The zero-order chi connectivity index (χ0) is 15.6. The number of halogens is 3. The molecular formula is C15H11Br2IO3. The van der Waals surface area contributed by atoms with Gasteiger partial charge in [0.1, 0.15) is 16.0 Å². The Labute approximate surface area is 153 Å². The second-order valence-corrected chi connectivity index (χ2v) is 7.01. The summed E-state index contributed by atoms with van der Waals surface area (Å²) in [6.45, 7) is 0. The lowest BCUT2D eigenvalue weighted by Crippen LogP contribution is -2.06. The molecular weight excluding hydrogens is 515 g/mol. The molecule has 2 aromatic rings. The van der Waals surface area contributed by atoms with Gasteiger partial charge in [-0.2, -0.15) is 0 Å². The fraction of sp³-hybridized carbons (Fsp3) is 0.133. The summed E-state index contributed by atoms with van der Waals surface area (Å²) >= 11 is 9.01. The summed E-state index contributed by atoms with van der Waals surface area (Å²) in [5.74, 6) is 0.968.